The Morgan fingerprint density at radius 1 is 1.32 bits per heavy atom. The van der Waals surface area contributed by atoms with Gasteiger partial charge in [-0.3, -0.25) is 9.59 Å². The Balaban J connectivity index is 1.68. The van der Waals surface area contributed by atoms with Crippen molar-refractivity contribution in [3.8, 4) is 6.07 Å². The molecule has 2 aromatic rings. The van der Waals surface area contributed by atoms with E-state index in [2.05, 4.69) is 6.07 Å². The number of aryl methyl sites for hydroxylation is 2. The average Bonchev–Trinajstić information content (AvgIpc) is 3.18. The van der Waals surface area contributed by atoms with Crippen molar-refractivity contribution < 1.29 is 18.7 Å². The molecule has 0 unspecified atom stereocenters. The molecule has 1 aliphatic rings. The Morgan fingerprint density at radius 3 is 2.72 bits per heavy atom. The molecule has 25 heavy (non-hydrogen) atoms. The number of furan rings is 1. The summed E-state index contributed by atoms with van der Waals surface area (Å²) in [5.41, 5.74) is 9.46. The summed E-state index contributed by atoms with van der Waals surface area (Å²) in [6.45, 7) is 0.954. The molecule has 0 saturated carbocycles. The van der Waals surface area contributed by atoms with E-state index in [1.807, 2.05) is 6.07 Å². The Kier molecular flexibility index (Phi) is 4.57. The third-order valence-corrected chi connectivity index (χ3v) is 4.35. The summed E-state index contributed by atoms with van der Waals surface area (Å²) in [5, 5.41) is 9.78. The number of carbonyl (C=O) groups excluding carboxylic acids is 2. The first kappa shape index (κ1) is 16.8. The minimum absolute atomic E-state index is 0.00623. The van der Waals surface area contributed by atoms with Crippen LogP contribution < -0.4 is 5.73 Å². The molecule has 1 aliphatic carbocycles. The summed E-state index contributed by atoms with van der Waals surface area (Å²) in [5.74, 6) is -1.16. The van der Waals surface area contributed by atoms with Crippen molar-refractivity contribution in [2.24, 2.45) is 5.73 Å². The third-order valence-electron chi connectivity index (χ3n) is 4.35. The molecule has 0 bridgehead atoms. The SMILES string of the molecule is C/C(N)=C(\C#N)C(=O)COC(=O)Cc1coc2cc3c(cc12)CCC3. The van der Waals surface area contributed by atoms with Gasteiger partial charge in [-0.25, -0.2) is 0 Å². The van der Waals surface area contributed by atoms with Gasteiger partial charge >= 0.3 is 5.97 Å². The molecule has 0 amide bonds. The summed E-state index contributed by atoms with van der Waals surface area (Å²) in [6.07, 6.45) is 4.79. The van der Waals surface area contributed by atoms with E-state index in [-0.39, 0.29) is 17.7 Å². The van der Waals surface area contributed by atoms with E-state index in [9.17, 15) is 9.59 Å². The van der Waals surface area contributed by atoms with Gasteiger partial charge in [0.15, 0.2) is 6.61 Å². The average molecular weight is 338 g/mol. The van der Waals surface area contributed by atoms with Crippen LogP contribution in [0.2, 0.25) is 0 Å². The largest absolute Gasteiger partial charge is 0.464 e. The van der Waals surface area contributed by atoms with E-state index in [0.29, 0.717) is 0 Å². The summed E-state index contributed by atoms with van der Waals surface area (Å²) >= 11 is 0. The van der Waals surface area contributed by atoms with E-state index in [4.69, 9.17) is 20.1 Å². The number of nitrogens with two attached hydrogens (primary N) is 1. The Morgan fingerprint density at radius 2 is 2.04 bits per heavy atom. The molecule has 0 atom stereocenters. The van der Waals surface area contributed by atoms with Crippen LogP contribution in [0.3, 0.4) is 0 Å². The highest BCUT2D eigenvalue weighted by Crippen LogP contribution is 2.30. The van der Waals surface area contributed by atoms with Gasteiger partial charge in [0.1, 0.15) is 17.2 Å². The van der Waals surface area contributed by atoms with Crippen LogP contribution in [0.1, 0.15) is 30.0 Å². The van der Waals surface area contributed by atoms with Crippen LogP contribution in [0, 0.1) is 11.3 Å². The maximum Gasteiger partial charge on any atom is 0.310 e. The van der Waals surface area contributed by atoms with Crippen molar-refractivity contribution in [1.29, 1.82) is 5.26 Å². The number of nitriles is 1. The molecule has 2 N–H and O–H groups in total. The molecule has 0 aliphatic heterocycles. The Hall–Kier alpha value is -3.07. The molecular formula is C19H18N2O4. The van der Waals surface area contributed by atoms with Crippen molar-refractivity contribution in [1.82, 2.24) is 0 Å². The molecular weight excluding hydrogens is 320 g/mol. The van der Waals surface area contributed by atoms with Gasteiger partial charge in [-0.15, -0.1) is 0 Å². The van der Waals surface area contributed by atoms with E-state index < -0.39 is 18.4 Å². The lowest BCUT2D eigenvalue weighted by Crippen LogP contribution is -2.18. The second kappa shape index (κ2) is 6.81. The van der Waals surface area contributed by atoms with Crippen molar-refractivity contribution in [2.45, 2.75) is 32.6 Å². The number of allylic oxidation sites excluding steroid dienone is 1. The van der Waals surface area contributed by atoms with E-state index in [1.54, 1.807) is 12.3 Å². The number of hydrogen-bond donors (Lipinski definition) is 1. The lowest BCUT2D eigenvalue weighted by atomic mass is 10.0. The summed E-state index contributed by atoms with van der Waals surface area (Å²) < 4.78 is 10.5. The first-order valence-corrected chi connectivity index (χ1v) is 8.06. The molecule has 1 heterocycles. The van der Waals surface area contributed by atoms with Crippen LogP contribution in [0.5, 0.6) is 0 Å². The van der Waals surface area contributed by atoms with Gasteiger partial charge in [0.2, 0.25) is 5.78 Å². The van der Waals surface area contributed by atoms with Gasteiger partial charge < -0.3 is 14.9 Å². The maximum absolute atomic E-state index is 12.0. The number of ketones is 1. The number of ether oxygens (including phenoxy) is 1. The standard InChI is InChI=1S/C19H18N2O4/c1-11(21)16(8-20)17(22)10-25-19(23)7-14-9-24-18-6-13-4-2-3-12(13)5-15(14)18/h5-6,9H,2-4,7,10,21H2,1H3/b16-11-. The Bertz CT molecular complexity index is 927. The second-order valence-electron chi connectivity index (χ2n) is 6.16. The van der Waals surface area contributed by atoms with Gasteiger partial charge in [0, 0.05) is 16.6 Å². The first-order chi connectivity index (χ1) is 12.0. The Labute approximate surface area is 144 Å². The molecule has 0 fully saturated rings. The van der Waals surface area contributed by atoms with Crippen LogP contribution in [0.4, 0.5) is 0 Å². The van der Waals surface area contributed by atoms with E-state index in [1.165, 1.54) is 18.1 Å². The minimum atomic E-state index is -0.606. The lowest BCUT2D eigenvalue weighted by molar-refractivity contribution is -0.146. The normalized spacial score (nSPS) is 13.9. The highest BCUT2D eigenvalue weighted by atomic mass is 16.5. The number of benzene rings is 1. The van der Waals surface area contributed by atoms with E-state index >= 15 is 0 Å². The molecule has 128 valence electrons. The molecule has 0 radical (unpaired) electrons. The maximum atomic E-state index is 12.0. The number of esters is 1. The molecule has 1 aromatic carbocycles. The highest BCUT2D eigenvalue weighted by Gasteiger charge is 2.18. The molecule has 1 aromatic heterocycles. The number of hydrogen-bond acceptors (Lipinski definition) is 6. The molecule has 0 saturated heterocycles. The molecule has 3 rings (SSSR count). The number of nitrogens with zero attached hydrogens (tertiary/aromatic N) is 1. The number of carbonyl (C=O) groups is 2. The van der Waals surface area contributed by atoms with Gasteiger partial charge in [-0.1, -0.05) is 0 Å². The molecule has 6 heteroatoms. The van der Waals surface area contributed by atoms with Gasteiger partial charge in [0.05, 0.1) is 12.7 Å². The predicted molar refractivity (Wildman–Crippen MR) is 90.4 cm³/mol. The summed E-state index contributed by atoms with van der Waals surface area (Å²) in [4.78, 5) is 23.8. The predicted octanol–water partition coefficient (Wildman–Crippen LogP) is 2.33. The van der Waals surface area contributed by atoms with Crippen LogP contribution in [-0.2, 0) is 33.6 Å². The van der Waals surface area contributed by atoms with Crippen molar-refractivity contribution in [3.05, 3.63) is 46.4 Å². The fraction of sp³-hybridized carbons (Fsp3) is 0.316. The topological polar surface area (TPSA) is 106 Å². The monoisotopic (exact) mass is 338 g/mol. The van der Waals surface area contributed by atoms with Crippen molar-refractivity contribution in [2.75, 3.05) is 6.61 Å². The number of Topliss-reactive ketones (excluding diaryl/α,β-unsaturated/α-hetero) is 1. The van der Waals surface area contributed by atoms with Gasteiger partial charge in [0.25, 0.3) is 0 Å². The first-order valence-electron chi connectivity index (χ1n) is 8.06. The third kappa shape index (κ3) is 3.41. The quantitative estimate of drug-likeness (QED) is 0.509. The van der Waals surface area contributed by atoms with Crippen molar-refractivity contribution >= 4 is 22.7 Å². The van der Waals surface area contributed by atoms with Crippen LogP contribution >= 0.6 is 0 Å². The zero-order chi connectivity index (χ0) is 18.0. The summed E-state index contributed by atoms with van der Waals surface area (Å²) in [6, 6.07) is 5.82. The summed E-state index contributed by atoms with van der Waals surface area (Å²) in [7, 11) is 0. The van der Waals surface area contributed by atoms with Crippen LogP contribution in [0.25, 0.3) is 11.0 Å². The lowest BCUT2D eigenvalue weighted by Gasteiger charge is -2.04. The smallest absolute Gasteiger partial charge is 0.310 e. The second-order valence-corrected chi connectivity index (χ2v) is 6.16. The van der Waals surface area contributed by atoms with E-state index in [0.717, 1.165) is 35.8 Å². The fourth-order valence-corrected chi connectivity index (χ4v) is 3.08. The fourth-order valence-electron chi connectivity index (χ4n) is 3.08. The highest BCUT2D eigenvalue weighted by molar-refractivity contribution is 6.01. The van der Waals surface area contributed by atoms with Gasteiger partial charge in [-0.05, 0) is 49.4 Å². The zero-order valence-electron chi connectivity index (χ0n) is 13.9. The van der Waals surface area contributed by atoms with Crippen LogP contribution in [0.15, 0.2) is 34.1 Å². The molecule has 0 spiro atoms. The van der Waals surface area contributed by atoms with Crippen molar-refractivity contribution in [3.63, 3.8) is 0 Å². The minimum Gasteiger partial charge on any atom is -0.464 e. The number of rotatable bonds is 5. The van der Waals surface area contributed by atoms with Crippen LogP contribution in [-0.4, -0.2) is 18.4 Å². The zero-order valence-corrected chi connectivity index (χ0v) is 13.9. The molecule has 6 nitrogen and oxygen atoms in total. The number of fused-ring (bicyclic) bond motifs is 2. The van der Waals surface area contributed by atoms with Gasteiger partial charge in [-0.2, -0.15) is 5.26 Å².